The quantitative estimate of drug-likeness (QED) is 0.231. The summed E-state index contributed by atoms with van der Waals surface area (Å²) in [5.74, 6) is -1.04. The minimum Gasteiger partial charge on any atom is -0.489 e. The number of nitrogens with zero attached hydrogens (tertiary/aromatic N) is 1. The number of hydrogen-bond acceptors (Lipinski definition) is 7. The molecule has 3 aromatic carbocycles. The highest BCUT2D eigenvalue weighted by Crippen LogP contribution is 2.32. The first-order valence-electron chi connectivity index (χ1n) is 11.8. The molecule has 200 valence electrons. The lowest BCUT2D eigenvalue weighted by molar-refractivity contribution is -0.145. The van der Waals surface area contributed by atoms with E-state index in [2.05, 4.69) is 5.43 Å². The maximum absolute atomic E-state index is 12.9. The van der Waals surface area contributed by atoms with Gasteiger partial charge in [0.1, 0.15) is 18.1 Å². The zero-order chi connectivity index (χ0) is 27.9. The van der Waals surface area contributed by atoms with Crippen molar-refractivity contribution in [2.75, 3.05) is 0 Å². The summed E-state index contributed by atoms with van der Waals surface area (Å²) in [5.41, 5.74) is 4.40. The van der Waals surface area contributed by atoms with Gasteiger partial charge >= 0.3 is 5.97 Å². The molecule has 0 bridgehead atoms. The van der Waals surface area contributed by atoms with Gasteiger partial charge in [0.05, 0.1) is 4.91 Å². The number of carbonyl (C=O) groups excluding carboxylic acids is 2. The first-order valence-corrected chi connectivity index (χ1v) is 13.4. The minimum absolute atomic E-state index is 0.187. The Labute approximate surface area is 239 Å². The second kappa shape index (κ2) is 12.8. The molecule has 1 saturated heterocycles. The summed E-state index contributed by atoms with van der Waals surface area (Å²) < 4.78 is 11.4. The van der Waals surface area contributed by atoms with E-state index in [1.165, 1.54) is 0 Å². The van der Waals surface area contributed by atoms with Crippen LogP contribution in [0.1, 0.15) is 34.8 Å². The molecule has 0 spiro atoms. The summed E-state index contributed by atoms with van der Waals surface area (Å²) in [5, 5.41) is 10.8. The molecule has 1 atom stereocenters. The molecule has 0 saturated carbocycles. The molecule has 1 heterocycles. The molecule has 2 amide bonds. The summed E-state index contributed by atoms with van der Waals surface area (Å²) in [6.45, 7) is 2.01. The lowest BCUT2D eigenvalue weighted by atomic mass is 10.2. The van der Waals surface area contributed by atoms with Crippen LogP contribution in [0.2, 0.25) is 5.02 Å². The number of rotatable bonds is 10. The molecule has 1 fully saturated rings. The average molecular weight is 583 g/mol. The van der Waals surface area contributed by atoms with E-state index in [4.69, 9.17) is 38.4 Å². The maximum Gasteiger partial charge on any atom is 0.344 e. The first kappa shape index (κ1) is 28.2. The van der Waals surface area contributed by atoms with E-state index >= 15 is 0 Å². The number of nitrogens with one attached hydrogen (secondary N) is 1. The minimum atomic E-state index is -1.04. The Bertz CT molecular complexity index is 1430. The predicted octanol–water partition coefficient (Wildman–Crippen LogP) is 5.71. The number of aliphatic carboxylic acids is 1. The van der Waals surface area contributed by atoms with Crippen LogP contribution in [0.15, 0.2) is 77.7 Å². The van der Waals surface area contributed by atoms with Crippen molar-refractivity contribution >= 4 is 63.8 Å². The number of hydrazine groups is 1. The predicted molar refractivity (Wildman–Crippen MR) is 153 cm³/mol. The number of amides is 2. The fourth-order valence-corrected chi connectivity index (χ4v) is 4.85. The Morgan fingerprint density at radius 1 is 1.08 bits per heavy atom. The van der Waals surface area contributed by atoms with E-state index in [-0.39, 0.29) is 10.9 Å². The molecule has 0 aliphatic carbocycles. The third-order valence-corrected chi connectivity index (χ3v) is 7.25. The number of carboxylic acid groups (broad SMARTS) is 1. The Balaban J connectivity index is 1.35. The lowest BCUT2D eigenvalue weighted by Gasteiger charge is -2.16. The molecule has 0 aromatic heterocycles. The van der Waals surface area contributed by atoms with Crippen LogP contribution in [0.25, 0.3) is 6.08 Å². The summed E-state index contributed by atoms with van der Waals surface area (Å²) in [4.78, 5) is 37.2. The van der Waals surface area contributed by atoms with Gasteiger partial charge in [-0.1, -0.05) is 60.6 Å². The van der Waals surface area contributed by atoms with Crippen LogP contribution in [0.3, 0.4) is 0 Å². The highest BCUT2D eigenvalue weighted by atomic mass is 35.5. The van der Waals surface area contributed by atoms with Gasteiger partial charge in [0.15, 0.2) is 10.4 Å². The molecule has 2 N–H and O–H groups in total. The van der Waals surface area contributed by atoms with Crippen molar-refractivity contribution in [3.05, 3.63) is 99.4 Å². The summed E-state index contributed by atoms with van der Waals surface area (Å²) in [6, 6.07) is 20.5. The molecular weight excluding hydrogens is 560 g/mol. The van der Waals surface area contributed by atoms with Gasteiger partial charge in [-0.2, -0.15) is 5.01 Å². The first-order chi connectivity index (χ1) is 18.7. The molecule has 39 heavy (non-hydrogen) atoms. The molecule has 1 aliphatic heterocycles. The van der Waals surface area contributed by atoms with Gasteiger partial charge in [-0.25, -0.2) is 4.79 Å². The van der Waals surface area contributed by atoms with E-state index in [1.54, 1.807) is 67.6 Å². The van der Waals surface area contributed by atoms with Gasteiger partial charge in [-0.15, -0.1) is 0 Å². The Morgan fingerprint density at radius 3 is 2.38 bits per heavy atom. The Kier molecular flexibility index (Phi) is 9.23. The van der Waals surface area contributed by atoms with E-state index in [9.17, 15) is 14.4 Å². The molecule has 4 rings (SSSR count). The third-order valence-electron chi connectivity index (χ3n) is 5.58. The van der Waals surface area contributed by atoms with Crippen LogP contribution >= 0.6 is 35.6 Å². The zero-order valence-corrected chi connectivity index (χ0v) is 23.0. The molecule has 0 radical (unpaired) electrons. The fourth-order valence-electron chi connectivity index (χ4n) is 3.48. The molecule has 1 unspecified atom stereocenters. The average Bonchev–Trinajstić information content (AvgIpc) is 3.19. The molecule has 8 nitrogen and oxygen atoms in total. The standard InChI is InChI=1S/C28H23ClN2O6S2/c1-2-23(27(34)35)37-21-11-7-17(8-12-21)15-24-26(33)31(28(38)39-24)30-25(32)18-9-13-20(14-10-18)36-16-19-5-3-4-6-22(19)29/h3-15,23H,2,16H2,1H3,(H,30,32)(H,34,35)/b24-15+. The number of benzene rings is 3. The monoisotopic (exact) mass is 582 g/mol. The summed E-state index contributed by atoms with van der Waals surface area (Å²) >= 11 is 12.5. The van der Waals surface area contributed by atoms with Crippen molar-refractivity contribution < 1.29 is 29.0 Å². The van der Waals surface area contributed by atoms with E-state index in [0.29, 0.717) is 39.0 Å². The smallest absolute Gasteiger partial charge is 0.344 e. The topological polar surface area (TPSA) is 105 Å². The number of halogens is 1. The van der Waals surface area contributed by atoms with Crippen LogP contribution in [0, 0.1) is 0 Å². The summed E-state index contributed by atoms with van der Waals surface area (Å²) in [7, 11) is 0. The van der Waals surface area contributed by atoms with E-state index in [1.807, 2.05) is 18.2 Å². The number of thiocarbonyl (C=S) groups is 1. The molecule has 1 aliphatic rings. The van der Waals surface area contributed by atoms with E-state index < -0.39 is 23.9 Å². The zero-order valence-electron chi connectivity index (χ0n) is 20.6. The number of hydrogen-bond donors (Lipinski definition) is 2. The maximum atomic E-state index is 12.9. The number of carboxylic acids is 1. The van der Waals surface area contributed by atoms with Crippen LogP contribution in [0.4, 0.5) is 0 Å². The number of carbonyl (C=O) groups is 3. The molecule has 11 heteroatoms. The van der Waals surface area contributed by atoms with Crippen molar-refractivity contribution in [3.63, 3.8) is 0 Å². The second-order valence-electron chi connectivity index (χ2n) is 8.28. The van der Waals surface area contributed by atoms with Crippen molar-refractivity contribution in [3.8, 4) is 11.5 Å². The Morgan fingerprint density at radius 2 is 1.74 bits per heavy atom. The van der Waals surface area contributed by atoms with Gasteiger partial charge in [0, 0.05) is 16.1 Å². The number of ether oxygens (including phenoxy) is 2. The van der Waals surface area contributed by atoms with Gasteiger partial charge < -0.3 is 14.6 Å². The van der Waals surface area contributed by atoms with Crippen LogP contribution in [0.5, 0.6) is 11.5 Å². The van der Waals surface area contributed by atoms with Crippen LogP contribution in [-0.4, -0.2) is 38.3 Å². The lowest BCUT2D eigenvalue weighted by Crippen LogP contribution is -2.44. The largest absolute Gasteiger partial charge is 0.489 e. The molecule has 3 aromatic rings. The van der Waals surface area contributed by atoms with Crippen molar-refractivity contribution in [2.45, 2.75) is 26.1 Å². The fraction of sp³-hybridized carbons (Fsp3) is 0.143. The van der Waals surface area contributed by atoms with Crippen molar-refractivity contribution in [1.29, 1.82) is 0 Å². The third kappa shape index (κ3) is 7.17. The summed E-state index contributed by atoms with van der Waals surface area (Å²) in [6.07, 6.45) is 1.02. The van der Waals surface area contributed by atoms with Crippen LogP contribution < -0.4 is 14.9 Å². The highest BCUT2D eigenvalue weighted by Gasteiger charge is 2.33. The van der Waals surface area contributed by atoms with Crippen molar-refractivity contribution in [1.82, 2.24) is 10.4 Å². The molecular formula is C28H23ClN2O6S2. The van der Waals surface area contributed by atoms with Gasteiger partial charge in [-0.3, -0.25) is 15.0 Å². The van der Waals surface area contributed by atoms with Crippen LogP contribution in [-0.2, 0) is 16.2 Å². The van der Waals surface area contributed by atoms with Crippen molar-refractivity contribution in [2.24, 2.45) is 0 Å². The van der Waals surface area contributed by atoms with Gasteiger partial charge in [0.25, 0.3) is 11.8 Å². The highest BCUT2D eigenvalue weighted by molar-refractivity contribution is 8.26. The van der Waals surface area contributed by atoms with Gasteiger partial charge in [-0.05, 0) is 72.7 Å². The van der Waals surface area contributed by atoms with E-state index in [0.717, 1.165) is 22.3 Å². The Hall–Kier alpha value is -3.86. The second-order valence-corrected chi connectivity index (χ2v) is 10.4. The van der Waals surface area contributed by atoms with Gasteiger partial charge in [0.2, 0.25) is 0 Å². The normalized spacial score (nSPS) is 14.8. The number of thioether (sulfide) groups is 1. The SMILES string of the molecule is CCC(Oc1ccc(/C=C2/SC(=S)N(NC(=O)c3ccc(OCc4ccccc4Cl)cc3)C2=O)cc1)C(=O)O.